The van der Waals surface area contributed by atoms with E-state index in [1.807, 2.05) is 45.0 Å². The molecule has 40 heavy (non-hydrogen) atoms. The average Bonchev–Trinajstić information content (AvgIpc) is 2.94. The summed E-state index contributed by atoms with van der Waals surface area (Å²) in [6, 6.07) is 21.0. The summed E-state index contributed by atoms with van der Waals surface area (Å²) in [5.74, 6) is 0.0335. The van der Waals surface area contributed by atoms with Gasteiger partial charge in [0.15, 0.2) is 0 Å². The fourth-order valence-electron chi connectivity index (χ4n) is 4.77. The molecule has 0 unspecified atom stereocenters. The Balaban J connectivity index is 1.52. The quantitative estimate of drug-likeness (QED) is 0.180. The minimum Gasteiger partial charge on any atom is -0.466 e. The highest BCUT2D eigenvalue weighted by Gasteiger charge is 2.25. The summed E-state index contributed by atoms with van der Waals surface area (Å²) >= 11 is 0. The molecule has 6 nitrogen and oxygen atoms in total. The van der Waals surface area contributed by atoms with Crippen molar-refractivity contribution in [1.82, 2.24) is 0 Å². The van der Waals surface area contributed by atoms with Crippen LogP contribution in [0.2, 0.25) is 0 Å². The molecular weight excluding hydrogens is 500 g/mol. The van der Waals surface area contributed by atoms with E-state index < -0.39 is 5.41 Å². The van der Waals surface area contributed by atoms with Crippen molar-refractivity contribution in [3.63, 3.8) is 0 Å². The van der Waals surface area contributed by atoms with E-state index in [9.17, 15) is 9.59 Å². The maximum atomic E-state index is 12.4. The first-order valence-electron chi connectivity index (χ1n) is 13.9. The number of anilines is 2. The highest BCUT2D eigenvalue weighted by Crippen LogP contribution is 2.35. The van der Waals surface area contributed by atoms with Crippen molar-refractivity contribution in [3.05, 3.63) is 94.6 Å². The van der Waals surface area contributed by atoms with E-state index in [2.05, 4.69) is 64.8 Å². The maximum absolute atomic E-state index is 12.4. The lowest BCUT2D eigenvalue weighted by molar-refractivity contribution is -0.143. The normalized spacial score (nSPS) is 13.2. The Morgan fingerprint density at radius 2 is 1.75 bits per heavy atom. The lowest BCUT2D eigenvalue weighted by Gasteiger charge is -2.35. The predicted molar refractivity (Wildman–Crippen MR) is 162 cm³/mol. The van der Waals surface area contributed by atoms with E-state index >= 15 is 0 Å². The molecule has 3 aromatic rings. The van der Waals surface area contributed by atoms with E-state index in [0.717, 1.165) is 38.2 Å². The molecule has 0 saturated heterocycles. The number of esters is 2. The number of hydrogen-bond donors (Lipinski definition) is 0. The van der Waals surface area contributed by atoms with E-state index in [1.165, 1.54) is 46.8 Å². The van der Waals surface area contributed by atoms with E-state index in [1.54, 1.807) is 6.08 Å². The van der Waals surface area contributed by atoms with Crippen molar-refractivity contribution in [1.29, 1.82) is 0 Å². The molecule has 0 radical (unpaired) electrons. The van der Waals surface area contributed by atoms with Gasteiger partial charge in [-0.3, -0.25) is 4.79 Å². The van der Waals surface area contributed by atoms with Gasteiger partial charge in [0, 0.05) is 32.3 Å². The molecular formula is C34H40N2O4. The van der Waals surface area contributed by atoms with Gasteiger partial charge in [0.05, 0.1) is 23.9 Å². The summed E-state index contributed by atoms with van der Waals surface area (Å²) in [5.41, 5.74) is 7.77. The van der Waals surface area contributed by atoms with Gasteiger partial charge in [0.2, 0.25) is 0 Å². The smallest absolute Gasteiger partial charge is 0.330 e. The third-order valence-electron chi connectivity index (χ3n) is 7.17. The van der Waals surface area contributed by atoms with Crippen LogP contribution in [0, 0.1) is 12.3 Å². The molecule has 0 N–H and O–H groups in total. The second-order valence-corrected chi connectivity index (χ2v) is 11.3. The molecule has 210 valence electrons. The highest BCUT2D eigenvalue weighted by molar-refractivity contribution is 5.86. The minimum absolute atomic E-state index is 0.221. The summed E-state index contributed by atoms with van der Waals surface area (Å²) in [5, 5.41) is 0. The Hall–Kier alpha value is -4.06. The van der Waals surface area contributed by atoms with Crippen LogP contribution in [-0.2, 0) is 33.8 Å². The maximum Gasteiger partial charge on any atom is 0.330 e. The Kier molecular flexibility index (Phi) is 8.98. The predicted octanol–water partition coefficient (Wildman–Crippen LogP) is 6.72. The van der Waals surface area contributed by atoms with Crippen molar-refractivity contribution in [2.24, 2.45) is 5.41 Å². The molecule has 3 aromatic carbocycles. The van der Waals surface area contributed by atoms with Gasteiger partial charge in [-0.2, -0.15) is 0 Å². The molecule has 0 amide bonds. The van der Waals surface area contributed by atoms with Crippen LogP contribution < -0.4 is 14.5 Å². The van der Waals surface area contributed by atoms with E-state index in [-0.39, 0.29) is 11.9 Å². The molecule has 0 spiro atoms. The SMILES string of the molecule is CCN(Cc1ccc(/C=C/C(=O)OC)cc1)c1cc(C)ccc1N1CCc2cc(OC(=O)C(C)(C)C)ccc2C1. The average molecular weight is 541 g/mol. The Morgan fingerprint density at radius 3 is 2.42 bits per heavy atom. The van der Waals surface area contributed by atoms with Crippen LogP contribution in [0.5, 0.6) is 5.75 Å². The summed E-state index contributed by atoms with van der Waals surface area (Å²) in [4.78, 5) is 28.6. The number of rotatable bonds is 8. The molecule has 0 fully saturated rings. The summed E-state index contributed by atoms with van der Waals surface area (Å²) in [7, 11) is 1.38. The zero-order chi connectivity index (χ0) is 28.9. The number of benzene rings is 3. The van der Waals surface area contributed by atoms with Crippen LogP contribution >= 0.6 is 0 Å². The van der Waals surface area contributed by atoms with Gasteiger partial charge in [0.1, 0.15) is 5.75 Å². The summed E-state index contributed by atoms with van der Waals surface area (Å²) in [6.07, 6.45) is 4.08. The fourth-order valence-corrected chi connectivity index (χ4v) is 4.77. The van der Waals surface area contributed by atoms with E-state index in [0.29, 0.717) is 5.75 Å². The van der Waals surface area contributed by atoms with Crippen molar-refractivity contribution >= 4 is 29.4 Å². The first-order chi connectivity index (χ1) is 19.1. The highest BCUT2D eigenvalue weighted by atomic mass is 16.5. The van der Waals surface area contributed by atoms with Gasteiger partial charge in [-0.05, 0) is 99.2 Å². The third kappa shape index (κ3) is 7.12. The first kappa shape index (κ1) is 28.9. The van der Waals surface area contributed by atoms with Gasteiger partial charge in [-0.25, -0.2) is 4.79 Å². The lowest BCUT2D eigenvalue weighted by Crippen LogP contribution is -2.33. The Bertz CT molecular complexity index is 1390. The monoisotopic (exact) mass is 540 g/mol. The van der Waals surface area contributed by atoms with E-state index in [4.69, 9.17) is 4.74 Å². The van der Waals surface area contributed by atoms with Crippen LogP contribution in [0.25, 0.3) is 6.08 Å². The molecule has 6 heteroatoms. The molecule has 1 heterocycles. The van der Waals surface area contributed by atoms with Crippen LogP contribution in [0.3, 0.4) is 0 Å². The Labute approximate surface area is 238 Å². The van der Waals surface area contributed by atoms with Crippen LogP contribution in [0.1, 0.15) is 55.5 Å². The molecule has 0 saturated carbocycles. The van der Waals surface area contributed by atoms with Gasteiger partial charge >= 0.3 is 11.9 Å². The summed E-state index contributed by atoms with van der Waals surface area (Å²) in [6.45, 7) is 13.3. The zero-order valence-electron chi connectivity index (χ0n) is 24.5. The molecule has 0 aromatic heterocycles. The van der Waals surface area contributed by atoms with Crippen molar-refractivity contribution in [2.75, 3.05) is 30.0 Å². The Morgan fingerprint density at radius 1 is 1.00 bits per heavy atom. The molecule has 0 atom stereocenters. The van der Waals surface area contributed by atoms with Crippen molar-refractivity contribution < 1.29 is 19.1 Å². The largest absolute Gasteiger partial charge is 0.466 e. The summed E-state index contributed by atoms with van der Waals surface area (Å²) < 4.78 is 10.3. The number of nitrogens with zero attached hydrogens (tertiary/aromatic N) is 2. The standard InChI is InChI=1S/C34H40N2O4/c1-7-35(22-26-11-9-25(10-12-26)13-17-32(37)39-6)31-20-24(2)8-16-30(31)36-19-18-27-21-29(15-14-28(27)23-36)40-33(38)34(3,4)5/h8-17,20-21H,7,18-19,22-23H2,1-6H3/b17-13+. The van der Waals surface area contributed by atoms with Crippen LogP contribution in [0.15, 0.2) is 66.7 Å². The number of fused-ring (bicyclic) bond motifs is 1. The third-order valence-corrected chi connectivity index (χ3v) is 7.17. The number of carbonyl (C=O) groups is 2. The number of hydrogen-bond acceptors (Lipinski definition) is 6. The number of aryl methyl sites for hydroxylation is 1. The minimum atomic E-state index is -0.538. The van der Waals surface area contributed by atoms with Crippen molar-refractivity contribution in [3.8, 4) is 5.75 Å². The molecule has 0 bridgehead atoms. The molecule has 4 rings (SSSR count). The number of carbonyl (C=O) groups excluding carboxylic acids is 2. The lowest BCUT2D eigenvalue weighted by atomic mass is 9.97. The van der Waals surface area contributed by atoms with Gasteiger partial charge < -0.3 is 19.3 Å². The zero-order valence-corrected chi connectivity index (χ0v) is 24.5. The number of methoxy groups -OCH3 is 1. The second kappa shape index (κ2) is 12.4. The van der Waals surface area contributed by atoms with Gasteiger partial charge in [-0.1, -0.05) is 36.4 Å². The number of ether oxygens (including phenoxy) is 2. The van der Waals surface area contributed by atoms with Gasteiger partial charge in [-0.15, -0.1) is 0 Å². The van der Waals surface area contributed by atoms with Crippen LogP contribution in [-0.4, -0.2) is 32.1 Å². The molecule has 1 aliphatic heterocycles. The molecule has 0 aliphatic carbocycles. The van der Waals surface area contributed by atoms with Gasteiger partial charge in [0.25, 0.3) is 0 Å². The topological polar surface area (TPSA) is 59.1 Å². The molecule has 1 aliphatic rings. The fraction of sp³-hybridized carbons (Fsp3) is 0.353. The van der Waals surface area contributed by atoms with Crippen LogP contribution in [0.4, 0.5) is 11.4 Å². The second-order valence-electron chi connectivity index (χ2n) is 11.3. The first-order valence-corrected chi connectivity index (χ1v) is 13.9. The van der Waals surface area contributed by atoms with Crippen molar-refractivity contribution in [2.45, 2.75) is 54.1 Å².